The highest BCUT2D eigenvalue weighted by atomic mass is 16.2. The summed E-state index contributed by atoms with van der Waals surface area (Å²) in [4.78, 5) is 48.0. The fourth-order valence-corrected chi connectivity index (χ4v) is 5.10. The summed E-state index contributed by atoms with van der Waals surface area (Å²) in [6.45, 7) is 4.24. The molecule has 0 saturated carbocycles. The Hall–Kier alpha value is -5.74. The van der Waals surface area contributed by atoms with Gasteiger partial charge in [-0.3, -0.25) is 14.4 Å². The number of nitrogens with zero attached hydrogens (tertiary/aromatic N) is 2. The molecule has 4 aromatic carbocycles. The van der Waals surface area contributed by atoms with E-state index in [-0.39, 0.29) is 36.1 Å². The van der Waals surface area contributed by atoms with E-state index in [1.807, 2.05) is 98.8 Å². The Morgan fingerprint density at radius 1 is 0.867 bits per heavy atom. The van der Waals surface area contributed by atoms with Crippen LogP contribution in [0, 0.1) is 0 Å². The number of likely N-dealkylation sites (N-methyl/N-ethyl adjacent to an activating group) is 1. The molecule has 10 nitrogen and oxygen atoms in total. The molecule has 5 aromatic rings. The molecule has 1 aromatic heterocycles. The van der Waals surface area contributed by atoms with Gasteiger partial charge in [-0.25, -0.2) is 4.98 Å². The number of H-pyrrole nitrogens is 1. The molecule has 0 saturated heterocycles. The topological polar surface area (TPSA) is 131 Å². The van der Waals surface area contributed by atoms with Crippen LogP contribution in [-0.4, -0.2) is 47.3 Å². The summed E-state index contributed by atoms with van der Waals surface area (Å²) in [5.74, 6) is -0.490. The van der Waals surface area contributed by atoms with Gasteiger partial charge in [0.1, 0.15) is 0 Å². The number of anilines is 4. The van der Waals surface area contributed by atoms with Crippen molar-refractivity contribution >= 4 is 62.8 Å². The van der Waals surface area contributed by atoms with E-state index in [2.05, 4.69) is 31.2 Å². The summed E-state index contributed by atoms with van der Waals surface area (Å²) in [7, 11) is 1.75. The average molecular weight is 600 g/mol. The van der Waals surface area contributed by atoms with Crippen LogP contribution < -0.4 is 26.2 Å². The van der Waals surface area contributed by atoms with Gasteiger partial charge in [0.15, 0.2) is 5.82 Å². The monoisotopic (exact) mass is 599 g/mol. The molecule has 1 aliphatic heterocycles. The maximum Gasteiger partial charge on any atom is 0.291 e. The molecule has 6 rings (SSSR count). The third kappa shape index (κ3) is 6.31. The van der Waals surface area contributed by atoms with Gasteiger partial charge in [0.05, 0.1) is 34.5 Å². The molecule has 0 unspecified atom stereocenters. The molecule has 0 spiro atoms. The molecule has 45 heavy (non-hydrogen) atoms. The second-order valence-electron chi connectivity index (χ2n) is 11.0. The SMILES string of the molecule is CC(C)NCC(=O)N(C)c1ccc(N/C(=C2\C(=O)Nc3cc(NC(=O)c4nc5ccccc5[nH]4)ccc32)c2ccccc2)cc1. The van der Waals surface area contributed by atoms with Crippen molar-refractivity contribution in [2.75, 3.05) is 34.4 Å². The van der Waals surface area contributed by atoms with E-state index in [1.54, 1.807) is 24.1 Å². The average Bonchev–Trinajstić information content (AvgIpc) is 3.63. The van der Waals surface area contributed by atoms with Gasteiger partial charge in [0.25, 0.3) is 11.8 Å². The van der Waals surface area contributed by atoms with Gasteiger partial charge in [-0.05, 0) is 60.2 Å². The van der Waals surface area contributed by atoms with Gasteiger partial charge < -0.3 is 31.2 Å². The number of hydrogen-bond acceptors (Lipinski definition) is 6. The number of nitrogens with one attached hydrogen (secondary N) is 5. The fourth-order valence-electron chi connectivity index (χ4n) is 5.10. The van der Waals surface area contributed by atoms with E-state index in [1.165, 1.54) is 0 Å². The smallest absolute Gasteiger partial charge is 0.291 e. The van der Waals surface area contributed by atoms with E-state index in [0.717, 1.165) is 22.5 Å². The summed E-state index contributed by atoms with van der Waals surface area (Å²) in [6, 6.07) is 30.1. The van der Waals surface area contributed by atoms with Crippen LogP contribution in [0.3, 0.4) is 0 Å². The standard InChI is InChI=1S/C35H33N7O3/c1-21(2)36-20-30(43)42(3)25-16-13-23(14-17-25)37-32(22-9-5-4-6-10-22)31-26-18-15-24(19-29(26)41-34(31)44)38-35(45)33-39-27-11-7-8-12-28(27)40-33/h4-19,21,36-37H,20H2,1-3H3,(H,38,45)(H,39,40)(H,41,44)/b32-31-. The molecular formula is C35H33N7O3. The molecule has 10 heteroatoms. The predicted octanol–water partition coefficient (Wildman–Crippen LogP) is 5.71. The lowest BCUT2D eigenvalue weighted by atomic mass is 9.99. The lowest BCUT2D eigenvalue weighted by Crippen LogP contribution is -2.38. The van der Waals surface area contributed by atoms with Crippen molar-refractivity contribution in [2.45, 2.75) is 19.9 Å². The number of fused-ring (bicyclic) bond motifs is 2. The number of benzene rings is 4. The van der Waals surface area contributed by atoms with Crippen molar-refractivity contribution < 1.29 is 14.4 Å². The maximum absolute atomic E-state index is 13.5. The third-order valence-electron chi connectivity index (χ3n) is 7.50. The van der Waals surface area contributed by atoms with Gasteiger partial charge in [-0.15, -0.1) is 0 Å². The number of hydrogen-bond donors (Lipinski definition) is 5. The second-order valence-corrected chi connectivity index (χ2v) is 11.0. The minimum Gasteiger partial charge on any atom is -0.354 e. The van der Waals surface area contributed by atoms with Crippen LogP contribution in [0.25, 0.3) is 22.3 Å². The van der Waals surface area contributed by atoms with Crippen molar-refractivity contribution in [3.63, 3.8) is 0 Å². The molecular weight excluding hydrogens is 566 g/mol. The first-order valence-corrected chi connectivity index (χ1v) is 14.7. The summed E-state index contributed by atoms with van der Waals surface area (Å²) in [5.41, 5.74) is 6.72. The molecule has 0 fully saturated rings. The summed E-state index contributed by atoms with van der Waals surface area (Å²) in [5, 5.41) is 12.4. The Kier molecular flexibility index (Phi) is 8.13. The van der Waals surface area contributed by atoms with E-state index in [0.29, 0.717) is 33.7 Å². The van der Waals surface area contributed by atoms with Gasteiger partial charge in [-0.1, -0.05) is 56.3 Å². The van der Waals surface area contributed by atoms with Crippen LogP contribution in [0.15, 0.2) is 97.1 Å². The summed E-state index contributed by atoms with van der Waals surface area (Å²) >= 11 is 0. The lowest BCUT2D eigenvalue weighted by molar-refractivity contribution is -0.117. The zero-order valence-corrected chi connectivity index (χ0v) is 25.1. The van der Waals surface area contributed by atoms with E-state index in [9.17, 15) is 14.4 Å². The largest absolute Gasteiger partial charge is 0.354 e. The first-order chi connectivity index (χ1) is 21.8. The van der Waals surface area contributed by atoms with Crippen molar-refractivity contribution in [1.29, 1.82) is 0 Å². The number of rotatable bonds is 9. The molecule has 0 radical (unpaired) electrons. The number of amides is 3. The van der Waals surface area contributed by atoms with Gasteiger partial charge in [0.2, 0.25) is 5.91 Å². The van der Waals surface area contributed by atoms with Crippen LogP contribution in [0.5, 0.6) is 0 Å². The number of aromatic amines is 1. The quantitative estimate of drug-likeness (QED) is 0.138. The van der Waals surface area contributed by atoms with Crippen molar-refractivity contribution in [3.8, 4) is 0 Å². The zero-order valence-electron chi connectivity index (χ0n) is 25.1. The van der Waals surface area contributed by atoms with Crippen LogP contribution in [0.4, 0.5) is 22.7 Å². The first kappa shape index (κ1) is 29.3. The molecule has 0 aliphatic carbocycles. The van der Waals surface area contributed by atoms with Crippen molar-refractivity contribution in [2.24, 2.45) is 0 Å². The maximum atomic E-state index is 13.5. The highest BCUT2D eigenvalue weighted by Gasteiger charge is 2.29. The number of aromatic nitrogens is 2. The molecule has 5 N–H and O–H groups in total. The highest BCUT2D eigenvalue weighted by molar-refractivity contribution is 6.37. The molecule has 226 valence electrons. The summed E-state index contributed by atoms with van der Waals surface area (Å²) < 4.78 is 0. The molecule has 0 atom stereocenters. The fraction of sp³-hybridized carbons (Fsp3) is 0.143. The third-order valence-corrected chi connectivity index (χ3v) is 7.50. The Morgan fingerprint density at radius 2 is 1.58 bits per heavy atom. The number of para-hydroxylation sites is 2. The predicted molar refractivity (Wildman–Crippen MR) is 179 cm³/mol. The summed E-state index contributed by atoms with van der Waals surface area (Å²) in [6.07, 6.45) is 0. The first-order valence-electron chi connectivity index (χ1n) is 14.7. The van der Waals surface area contributed by atoms with Crippen LogP contribution in [0.1, 0.15) is 35.6 Å². The Balaban J connectivity index is 1.27. The normalized spacial score (nSPS) is 13.4. The van der Waals surface area contributed by atoms with Crippen molar-refractivity contribution in [1.82, 2.24) is 15.3 Å². The Labute approximate surface area is 260 Å². The Bertz CT molecular complexity index is 1900. The molecule has 1 aliphatic rings. The number of carbonyl (C=O) groups excluding carboxylic acids is 3. The molecule has 2 heterocycles. The number of carbonyl (C=O) groups is 3. The van der Waals surface area contributed by atoms with Gasteiger partial charge in [-0.2, -0.15) is 0 Å². The number of imidazole rings is 1. The van der Waals surface area contributed by atoms with Crippen molar-refractivity contribution in [3.05, 3.63) is 114 Å². The van der Waals surface area contributed by atoms with E-state index >= 15 is 0 Å². The lowest BCUT2D eigenvalue weighted by Gasteiger charge is -2.20. The van der Waals surface area contributed by atoms with Gasteiger partial charge in [0, 0.05) is 35.7 Å². The Morgan fingerprint density at radius 3 is 2.31 bits per heavy atom. The highest BCUT2D eigenvalue weighted by Crippen LogP contribution is 2.39. The van der Waals surface area contributed by atoms with E-state index in [4.69, 9.17) is 0 Å². The molecule has 3 amide bonds. The molecule has 0 bridgehead atoms. The van der Waals surface area contributed by atoms with Gasteiger partial charge >= 0.3 is 0 Å². The second kappa shape index (κ2) is 12.5. The van der Waals surface area contributed by atoms with Crippen LogP contribution >= 0.6 is 0 Å². The minimum absolute atomic E-state index is 0.0381. The van der Waals surface area contributed by atoms with Crippen LogP contribution in [-0.2, 0) is 9.59 Å². The van der Waals surface area contributed by atoms with Crippen LogP contribution in [0.2, 0.25) is 0 Å². The minimum atomic E-state index is -0.384. The zero-order chi connectivity index (χ0) is 31.5. The van der Waals surface area contributed by atoms with E-state index < -0.39 is 0 Å².